The Bertz CT molecular complexity index is 477. The van der Waals surface area contributed by atoms with Crippen LogP contribution in [0.25, 0.3) is 0 Å². The second-order valence-electron chi connectivity index (χ2n) is 5.30. The smallest absolute Gasteiger partial charge is 0.339 e. The van der Waals surface area contributed by atoms with Gasteiger partial charge in [0.1, 0.15) is 5.75 Å². The van der Waals surface area contributed by atoms with Gasteiger partial charge in [0.25, 0.3) is 0 Å². The van der Waals surface area contributed by atoms with Crippen LogP contribution < -0.4 is 0 Å². The number of hydrogen-bond acceptors (Lipinski definition) is 4. The zero-order valence-electron chi connectivity index (χ0n) is 11.5. The maximum absolute atomic E-state index is 11.5. The largest absolute Gasteiger partial charge is 0.507 e. The molecule has 0 aromatic heterocycles. The third-order valence-electron chi connectivity index (χ3n) is 2.72. The summed E-state index contributed by atoms with van der Waals surface area (Å²) < 4.78 is 4.74. The highest BCUT2D eigenvalue weighted by Crippen LogP contribution is 2.38. The second-order valence-corrected chi connectivity index (χ2v) is 5.73. The molecule has 0 aliphatic carbocycles. The Morgan fingerprint density at radius 1 is 1.42 bits per heavy atom. The average molecular weight is 287 g/mol. The van der Waals surface area contributed by atoms with Crippen LogP contribution in [0.4, 0.5) is 0 Å². The Morgan fingerprint density at radius 3 is 2.47 bits per heavy atom. The lowest BCUT2D eigenvalue weighted by Gasteiger charge is -2.23. The van der Waals surface area contributed by atoms with Gasteiger partial charge in [-0.1, -0.05) is 32.4 Å². The van der Waals surface area contributed by atoms with Gasteiger partial charge in [0.15, 0.2) is 6.10 Å². The first-order valence-electron chi connectivity index (χ1n) is 6.06. The molecule has 1 unspecified atom stereocenters. The molecular weight excluding hydrogens is 268 g/mol. The Hall–Kier alpha value is -1.26. The summed E-state index contributed by atoms with van der Waals surface area (Å²) in [5.74, 6) is -0.933. The van der Waals surface area contributed by atoms with E-state index < -0.39 is 12.1 Å². The van der Waals surface area contributed by atoms with Crippen molar-refractivity contribution < 1.29 is 19.7 Å². The van der Waals surface area contributed by atoms with Crippen LogP contribution in [0.2, 0.25) is 5.02 Å². The molecule has 0 saturated carbocycles. The highest BCUT2D eigenvalue weighted by molar-refractivity contribution is 6.30. The number of hydrogen-bond donors (Lipinski definition) is 2. The summed E-state index contributed by atoms with van der Waals surface area (Å²) in [6, 6.07) is 2.99. The number of benzene rings is 1. The lowest BCUT2D eigenvalue weighted by molar-refractivity contribution is -0.153. The van der Waals surface area contributed by atoms with E-state index in [1.54, 1.807) is 13.0 Å². The summed E-state index contributed by atoms with van der Waals surface area (Å²) in [6.45, 7) is 7.50. The van der Waals surface area contributed by atoms with E-state index in [0.717, 1.165) is 0 Å². The number of esters is 1. The lowest BCUT2D eigenvalue weighted by Crippen LogP contribution is -2.18. The summed E-state index contributed by atoms with van der Waals surface area (Å²) >= 11 is 5.98. The molecule has 1 atom stereocenters. The molecule has 0 heterocycles. The minimum Gasteiger partial charge on any atom is -0.507 e. The van der Waals surface area contributed by atoms with Gasteiger partial charge in [0.05, 0.1) is 6.61 Å². The second kappa shape index (κ2) is 5.80. The average Bonchev–Trinajstić information content (AvgIpc) is 2.29. The number of carbonyl (C=O) groups excluding carboxylic acids is 1. The van der Waals surface area contributed by atoms with Gasteiger partial charge in [0, 0.05) is 16.1 Å². The van der Waals surface area contributed by atoms with E-state index in [1.165, 1.54) is 6.07 Å². The molecule has 0 aliphatic rings. The maximum atomic E-state index is 11.5. The molecule has 2 N–H and O–H groups in total. The molecule has 0 fully saturated rings. The number of ether oxygens (including phenoxy) is 1. The minimum atomic E-state index is -1.54. The summed E-state index contributed by atoms with van der Waals surface area (Å²) in [6.07, 6.45) is -1.54. The Balaban J connectivity index is 3.29. The van der Waals surface area contributed by atoms with Crippen molar-refractivity contribution in [3.63, 3.8) is 0 Å². The fourth-order valence-electron chi connectivity index (χ4n) is 1.75. The van der Waals surface area contributed by atoms with Crippen LogP contribution in [0.15, 0.2) is 12.1 Å². The minimum absolute atomic E-state index is 0.0656. The first kappa shape index (κ1) is 15.8. The molecular formula is C14H19ClO4. The van der Waals surface area contributed by atoms with Crippen molar-refractivity contribution in [2.45, 2.75) is 39.2 Å². The SMILES string of the molecule is CCOC(=O)C(O)c1cc(Cl)cc(C(C)(C)C)c1O. The van der Waals surface area contributed by atoms with Gasteiger partial charge in [-0.05, 0) is 24.5 Å². The molecule has 0 spiro atoms. The fraction of sp³-hybridized carbons (Fsp3) is 0.500. The predicted octanol–water partition coefficient (Wildman–Crippen LogP) is 2.94. The Morgan fingerprint density at radius 2 is 2.00 bits per heavy atom. The molecule has 1 aromatic carbocycles. The number of aliphatic hydroxyl groups is 1. The number of phenols is 1. The zero-order valence-corrected chi connectivity index (χ0v) is 12.3. The molecule has 4 nitrogen and oxygen atoms in total. The van der Waals surface area contributed by atoms with Crippen LogP contribution >= 0.6 is 11.6 Å². The predicted molar refractivity (Wildman–Crippen MR) is 73.4 cm³/mol. The highest BCUT2D eigenvalue weighted by Gasteiger charge is 2.27. The van der Waals surface area contributed by atoms with E-state index in [9.17, 15) is 15.0 Å². The lowest BCUT2D eigenvalue weighted by atomic mass is 9.84. The fourth-order valence-corrected chi connectivity index (χ4v) is 1.98. The van der Waals surface area contributed by atoms with Gasteiger partial charge in [0.2, 0.25) is 0 Å². The number of aromatic hydroxyl groups is 1. The Kier molecular flexibility index (Phi) is 4.82. The number of carbonyl (C=O) groups is 1. The molecule has 0 radical (unpaired) electrons. The van der Waals surface area contributed by atoms with Gasteiger partial charge in [-0.15, -0.1) is 0 Å². The molecule has 0 bridgehead atoms. The standard InChI is InChI=1S/C14H19ClO4/c1-5-19-13(18)12(17)9-6-8(15)7-10(11(9)16)14(2,3)4/h6-7,12,16-17H,5H2,1-4H3. The van der Waals surface area contributed by atoms with Crippen molar-refractivity contribution in [1.29, 1.82) is 0 Å². The molecule has 106 valence electrons. The molecule has 0 amide bonds. The maximum Gasteiger partial charge on any atom is 0.339 e. The third kappa shape index (κ3) is 3.61. The van der Waals surface area contributed by atoms with Crippen molar-refractivity contribution >= 4 is 17.6 Å². The summed E-state index contributed by atoms with van der Waals surface area (Å²) in [5.41, 5.74) is 0.271. The van der Waals surface area contributed by atoms with E-state index in [2.05, 4.69) is 0 Å². The zero-order chi connectivity index (χ0) is 14.8. The monoisotopic (exact) mass is 286 g/mol. The third-order valence-corrected chi connectivity index (χ3v) is 2.93. The summed E-state index contributed by atoms with van der Waals surface area (Å²) in [4.78, 5) is 11.5. The summed E-state index contributed by atoms with van der Waals surface area (Å²) in [7, 11) is 0. The van der Waals surface area contributed by atoms with Crippen molar-refractivity contribution in [3.8, 4) is 5.75 Å². The molecule has 1 rings (SSSR count). The van der Waals surface area contributed by atoms with Crippen LogP contribution in [0.1, 0.15) is 44.9 Å². The van der Waals surface area contributed by atoms with Crippen LogP contribution in [0.3, 0.4) is 0 Å². The molecule has 5 heteroatoms. The van der Waals surface area contributed by atoms with Crippen molar-refractivity contribution in [3.05, 3.63) is 28.3 Å². The van der Waals surface area contributed by atoms with Crippen LogP contribution in [-0.2, 0) is 14.9 Å². The van der Waals surface area contributed by atoms with Crippen LogP contribution in [0.5, 0.6) is 5.75 Å². The van der Waals surface area contributed by atoms with Gasteiger partial charge in [-0.2, -0.15) is 0 Å². The van der Waals surface area contributed by atoms with E-state index in [1.807, 2.05) is 20.8 Å². The Labute approximate surface area is 118 Å². The molecule has 19 heavy (non-hydrogen) atoms. The van der Waals surface area contributed by atoms with Gasteiger partial charge in [-0.3, -0.25) is 0 Å². The van der Waals surface area contributed by atoms with Gasteiger partial charge in [-0.25, -0.2) is 4.79 Å². The van der Waals surface area contributed by atoms with Crippen molar-refractivity contribution in [2.24, 2.45) is 0 Å². The number of rotatable bonds is 3. The van der Waals surface area contributed by atoms with E-state index >= 15 is 0 Å². The normalized spacial score (nSPS) is 13.2. The number of aliphatic hydroxyl groups excluding tert-OH is 1. The van der Waals surface area contributed by atoms with Gasteiger partial charge >= 0.3 is 5.97 Å². The first-order chi connectivity index (χ1) is 8.68. The first-order valence-corrected chi connectivity index (χ1v) is 6.43. The van der Waals surface area contributed by atoms with E-state index in [0.29, 0.717) is 10.6 Å². The topological polar surface area (TPSA) is 66.8 Å². The number of halogens is 1. The molecule has 0 saturated heterocycles. The van der Waals surface area contributed by atoms with E-state index in [4.69, 9.17) is 16.3 Å². The van der Waals surface area contributed by atoms with Gasteiger partial charge < -0.3 is 14.9 Å². The molecule has 1 aromatic rings. The quantitative estimate of drug-likeness (QED) is 0.839. The van der Waals surface area contributed by atoms with E-state index in [-0.39, 0.29) is 23.3 Å². The van der Waals surface area contributed by atoms with Crippen molar-refractivity contribution in [2.75, 3.05) is 6.61 Å². The highest BCUT2D eigenvalue weighted by atomic mass is 35.5. The van der Waals surface area contributed by atoms with Crippen LogP contribution in [-0.4, -0.2) is 22.8 Å². The number of phenolic OH excluding ortho intramolecular Hbond substituents is 1. The van der Waals surface area contributed by atoms with Crippen molar-refractivity contribution in [1.82, 2.24) is 0 Å². The molecule has 0 aliphatic heterocycles. The summed E-state index contributed by atoms with van der Waals surface area (Å²) in [5, 5.41) is 20.5. The van der Waals surface area contributed by atoms with Crippen LogP contribution in [0, 0.1) is 0 Å².